The van der Waals surface area contributed by atoms with Crippen molar-refractivity contribution in [2.24, 2.45) is 0 Å². The fraction of sp³-hybridized carbons (Fsp3) is 0.435. The molecular weight excluding hydrogens is 396 g/mol. The zero-order chi connectivity index (χ0) is 21.6. The molecule has 2 aromatic carbocycles. The third-order valence-electron chi connectivity index (χ3n) is 5.88. The van der Waals surface area contributed by atoms with Crippen LogP contribution in [0.2, 0.25) is 0 Å². The third-order valence-corrected chi connectivity index (χ3v) is 5.88. The van der Waals surface area contributed by atoms with Crippen molar-refractivity contribution in [3.63, 3.8) is 0 Å². The summed E-state index contributed by atoms with van der Waals surface area (Å²) in [7, 11) is 0. The maximum atomic E-state index is 12.8. The number of hydrogen-bond acceptors (Lipinski definition) is 6. The van der Waals surface area contributed by atoms with Crippen LogP contribution >= 0.6 is 0 Å². The number of nitro benzene ring substituents is 1. The Balaban J connectivity index is 1.41. The minimum absolute atomic E-state index is 0.0830. The Kier molecular flexibility index (Phi) is 6.79. The van der Waals surface area contributed by atoms with Gasteiger partial charge in [0, 0.05) is 37.9 Å². The van der Waals surface area contributed by atoms with E-state index in [1.165, 1.54) is 24.5 Å². The molecule has 2 aliphatic heterocycles. The summed E-state index contributed by atoms with van der Waals surface area (Å²) >= 11 is 0. The Morgan fingerprint density at radius 3 is 2.35 bits per heavy atom. The molecule has 2 saturated heterocycles. The van der Waals surface area contributed by atoms with Gasteiger partial charge in [0.15, 0.2) is 0 Å². The lowest BCUT2D eigenvalue weighted by atomic mass is 10.1. The average Bonchev–Trinajstić information content (AvgIpc) is 3.31. The number of rotatable bonds is 7. The van der Waals surface area contributed by atoms with E-state index in [0.29, 0.717) is 32.8 Å². The summed E-state index contributed by atoms with van der Waals surface area (Å²) in [5.74, 6) is -0.442. The minimum atomic E-state index is -0.509. The van der Waals surface area contributed by atoms with Crippen LogP contribution in [0.4, 0.5) is 11.4 Å². The monoisotopic (exact) mass is 424 g/mol. The van der Waals surface area contributed by atoms with Crippen molar-refractivity contribution >= 4 is 17.3 Å². The molecule has 0 radical (unpaired) electrons. The molecule has 2 fully saturated rings. The van der Waals surface area contributed by atoms with Crippen molar-refractivity contribution in [2.75, 3.05) is 44.3 Å². The molecule has 0 spiro atoms. The van der Waals surface area contributed by atoms with Crippen molar-refractivity contribution in [3.8, 4) is 0 Å². The molecule has 0 aliphatic carbocycles. The second kappa shape index (κ2) is 9.89. The predicted molar refractivity (Wildman–Crippen MR) is 118 cm³/mol. The lowest BCUT2D eigenvalue weighted by molar-refractivity contribution is -0.385. The first-order chi connectivity index (χ1) is 15.1. The van der Waals surface area contributed by atoms with Gasteiger partial charge in [-0.05, 0) is 49.2 Å². The van der Waals surface area contributed by atoms with Crippen molar-refractivity contribution in [1.82, 2.24) is 10.2 Å². The van der Waals surface area contributed by atoms with Gasteiger partial charge in [0.1, 0.15) is 5.56 Å². The van der Waals surface area contributed by atoms with E-state index in [9.17, 15) is 14.9 Å². The Morgan fingerprint density at radius 2 is 1.68 bits per heavy atom. The second-order valence-electron chi connectivity index (χ2n) is 8.04. The van der Waals surface area contributed by atoms with Crippen molar-refractivity contribution < 1.29 is 14.5 Å². The summed E-state index contributed by atoms with van der Waals surface area (Å²) in [6, 6.07) is 12.9. The SMILES string of the molecule is O=C(NCc1ccc(CN2CCCC2)cc1)c1cc(N2CCOCC2)ccc1[N+](=O)[O-]. The van der Waals surface area contributed by atoms with Crippen molar-refractivity contribution in [3.05, 3.63) is 69.3 Å². The van der Waals surface area contributed by atoms with Crippen LogP contribution in [0.15, 0.2) is 42.5 Å². The maximum absolute atomic E-state index is 12.8. The Labute approximate surface area is 181 Å². The van der Waals surface area contributed by atoms with Gasteiger partial charge in [0.2, 0.25) is 0 Å². The van der Waals surface area contributed by atoms with E-state index in [-0.39, 0.29) is 11.3 Å². The average molecular weight is 425 g/mol. The lowest BCUT2D eigenvalue weighted by Gasteiger charge is -2.29. The lowest BCUT2D eigenvalue weighted by Crippen LogP contribution is -2.36. The van der Waals surface area contributed by atoms with Gasteiger partial charge in [0.25, 0.3) is 11.6 Å². The molecule has 8 nitrogen and oxygen atoms in total. The highest BCUT2D eigenvalue weighted by atomic mass is 16.6. The second-order valence-corrected chi connectivity index (χ2v) is 8.04. The number of benzene rings is 2. The molecule has 0 unspecified atom stereocenters. The van der Waals surface area contributed by atoms with Gasteiger partial charge >= 0.3 is 0 Å². The molecule has 0 saturated carbocycles. The van der Waals surface area contributed by atoms with E-state index in [4.69, 9.17) is 4.74 Å². The topological polar surface area (TPSA) is 88.0 Å². The summed E-state index contributed by atoms with van der Waals surface area (Å²) in [4.78, 5) is 28.3. The van der Waals surface area contributed by atoms with E-state index in [1.54, 1.807) is 12.1 Å². The van der Waals surface area contributed by atoms with Crippen LogP contribution < -0.4 is 10.2 Å². The summed E-state index contributed by atoms with van der Waals surface area (Å²) < 4.78 is 5.36. The molecular formula is C23H28N4O4. The number of ether oxygens (including phenoxy) is 1. The van der Waals surface area contributed by atoms with Gasteiger partial charge < -0.3 is 15.0 Å². The van der Waals surface area contributed by atoms with Gasteiger partial charge in [-0.1, -0.05) is 24.3 Å². The van der Waals surface area contributed by atoms with E-state index >= 15 is 0 Å². The van der Waals surface area contributed by atoms with E-state index in [2.05, 4.69) is 27.2 Å². The quantitative estimate of drug-likeness (QED) is 0.543. The molecule has 8 heteroatoms. The number of nitrogens with zero attached hydrogens (tertiary/aromatic N) is 3. The third kappa shape index (κ3) is 5.39. The van der Waals surface area contributed by atoms with E-state index < -0.39 is 10.8 Å². The fourth-order valence-corrected chi connectivity index (χ4v) is 4.12. The molecule has 1 N–H and O–H groups in total. The van der Waals surface area contributed by atoms with E-state index in [0.717, 1.165) is 30.9 Å². The highest BCUT2D eigenvalue weighted by molar-refractivity contribution is 5.99. The first-order valence-electron chi connectivity index (χ1n) is 10.8. The normalized spacial score (nSPS) is 17.0. The number of carbonyl (C=O) groups is 1. The maximum Gasteiger partial charge on any atom is 0.282 e. The number of anilines is 1. The minimum Gasteiger partial charge on any atom is -0.378 e. The van der Waals surface area contributed by atoms with Crippen LogP contribution in [0.1, 0.15) is 34.3 Å². The largest absolute Gasteiger partial charge is 0.378 e. The van der Waals surface area contributed by atoms with Gasteiger partial charge in [-0.25, -0.2) is 0 Å². The van der Waals surface area contributed by atoms with Crippen molar-refractivity contribution in [1.29, 1.82) is 0 Å². The highest BCUT2D eigenvalue weighted by Crippen LogP contribution is 2.26. The first kappa shape index (κ1) is 21.3. The van der Waals surface area contributed by atoms with Crippen LogP contribution in [0.25, 0.3) is 0 Å². The van der Waals surface area contributed by atoms with Gasteiger partial charge in [-0.15, -0.1) is 0 Å². The number of carbonyl (C=O) groups excluding carboxylic acids is 1. The molecule has 31 heavy (non-hydrogen) atoms. The Morgan fingerprint density at radius 1 is 1.00 bits per heavy atom. The van der Waals surface area contributed by atoms with Crippen LogP contribution in [-0.4, -0.2) is 55.1 Å². The predicted octanol–water partition coefficient (Wildman–Crippen LogP) is 2.96. The molecule has 2 heterocycles. The van der Waals surface area contributed by atoms with Gasteiger partial charge in [-0.3, -0.25) is 19.8 Å². The van der Waals surface area contributed by atoms with Crippen LogP contribution in [-0.2, 0) is 17.8 Å². The molecule has 2 aromatic rings. The van der Waals surface area contributed by atoms with Gasteiger partial charge in [-0.2, -0.15) is 0 Å². The first-order valence-corrected chi connectivity index (χ1v) is 10.8. The van der Waals surface area contributed by atoms with Crippen LogP contribution in [0, 0.1) is 10.1 Å². The zero-order valence-electron chi connectivity index (χ0n) is 17.6. The van der Waals surface area contributed by atoms with Gasteiger partial charge in [0.05, 0.1) is 18.1 Å². The van der Waals surface area contributed by atoms with Crippen molar-refractivity contribution in [2.45, 2.75) is 25.9 Å². The van der Waals surface area contributed by atoms with Crippen LogP contribution in [0.3, 0.4) is 0 Å². The summed E-state index contributed by atoms with van der Waals surface area (Å²) in [6.45, 7) is 6.18. The standard InChI is InChI=1S/C23H28N4O4/c28-23(24-16-18-3-5-19(6-4-18)17-25-9-1-2-10-25)21-15-20(7-8-22(21)27(29)30)26-11-13-31-14-12-26/h3-8,15H,1-2,9-14,16-17H2,(H,24,28). The number of amides is 1. The molecule has 4 rings (SSSR count). The zero-order valence-corrected chi connectivity index (χ0v) is 17.6. The smallest absolute Gasteiger partial charge is 0.282 e. The molecule has 1 amide bonds. The molecule has 0 aromatic heterocycles. The summed E-state index contributed by atoms with van der Waals surface area (Å²) in [5, 5.41) is 14.3. The molecule has 0 bridgehead atoms. The van der Waals surface area contributed by atoms with E-state index in [1.807, 2.05) is 12.1 Å². The summed E-state index contributed by atoms with van der Waals surface area (Å²) in [5.41, 5.74) is 2.91. The highest BCUT2D eigenvalue weighted by Gasteiger charge is 2.23. The molecule has 2 aliphatic rings. The Bertz CT molecular complexity index is 920. The number of hydrogen-bond donors (Lipinski definition) is 1. The molecule has 164 valence electrons. The number of likely N-dealkylation sites (tertiary alicyclic amines) is 1. The Hall–Kier alpha value is -2.97. The number of nitro groups is 1. The number of nitrogens with one attached hydrogen (secondary N) is 1. The molecule has 0 atom stereocenters. The fourth-order valence-electron chi connectivity index (χ4n) is 4.12. The number of morpholine rings is 1. The van der Waals surface area contributed by atoms with Crippen LogP contribution in [0.5, 0.6) is 0 Å². The summed E-state index contributed by atoms with van der Waals surface area (Å²) in [6.07, 6.45) is 2.53.